The molecule has 0 unspecified atom stereocenters. The maximum atomic E-state index is 6.54. The van der Waals surface area contributed by atoms with Gasteiger partial charge in [-0.15, -0.1) is 0 Å². The van der Waals surface area contributed by atoms with Gasteiger partial charge in [0.05, 0.1) is 0 Å². The topological polar surface area (TPSA) is 117 Å². The summed E-state index contributed by atoms with van der Waals surface area (Å²) in [4.78, 5) is 0. The molecule has 0 amide bonds. The molecule has 0 spiro atoms. The number of hydrogen-bond donors (Lipinski definition) is 5. The number of hydrogen-bond acceptors (Lipinski definition) is 4. The predicted octanol–water partition coefficient (Wildman–Crippen LogP) is -2.57. The van der Waals surface area contributed by atoms with E-state index < -0.39 is 0 Å². The molecule has 0 aromatic heterocycles. The van der Waals surface area contributed by atoms with Crippen LogP contribution in [0.25, 0.3) is 0 Å². The highest BCUT2D eigenvalue weighted by Gasteiger charge is 1.90. The minimum Gasteiger partial charge on any atom is -0.368 e. The van der Waals surface area contributed by atoms with Gasteiger partial charge in [0.2, 0.25) is 5.96 Å². The quantitative estimate of drug-likeness (QED) is 0.108. The van der Waals surface area contributed by atoms with Gasteiger partial charge < -0.3 is 5.73 Å². The Labute approximate surface area is 40.7 Å². The number of rotatable bonds is 1. The number of guanidine groups is 1. The number of nitrogens with one attached hydrogen (secondary N) is 2. The van der Waals surface area contributed by atoms with E-state index >= 15 is 0 Å². The zero-order valence-electron chi connectivity index (χ0n) is 3.68. The van der Waals surface area contributed by atoms with E-state index in [1.54, 1.807) is 0 Å². The van der Waals surface area contributed by atoms with Gasteiger partial charge in [-0.05, 0) is 0 Å². The van der Waals surface area contributed by atoms with E-state index in [4.69, 9.17) is 22.8 Å². The van der Waals surface area contributed by atoms with E-state index in [0.717, 1.165) is 0 Å². The summed E-state index contributed by atoms with van der Waals surface area (Å²) in [5.74, 6) is 9.24. The lowest BCUT2D eigenvalue weighted by molar-refractivity contribution is 0.319. The summed E-state index contributed by atoms with van der Waals surface area (Å²) in [6.07, 6.45) is 0. The molecule has 6 heteroatoms. The van der Waals surface area contributed by atoms with Crippen LogP contribution < -0.4 is 23.0 Å². The highest BCUT2D eigenvalue weighted by molar-refractivity contribution is 5.73. The van der Waals surface area contributed by atoms with Gasteiger partial charge in [-0.2, -0.15) is 10.7 Å². The number of nitrogens with two attached hydrogens (primary N) is 3. The minimum absolute atomic E-state index is 0.331. The highest BCUT2D eigenvalue weighted by Crippen LogP contribution is 1.54. The Bertz CT molecular complexity index is 66.6. The van der Waals surface area contributed by atoms with Crippen molar-refractivity contribution in [3.8, 4) is 0 Å². The van der Waals surface area contributed by atoms with Crippen LogP contribution in [-0.4, -0.2) is 11.1 Å². The third-order valence-corrected chi connectivity index (χ3v) is 0.399. The molecule has 0 saturated carbocycles. The molecular weight excluding hydrogens is 96.1 g/mol. The molecule has 0 fully saturated rings. The lowest BCUT2D eigenvalue weighted by atomic mass is 11.1. The van der Waals surface area contributed by atoms with Gasteiger partial charge in [-0.3, -0.25) is 11.3 Å². The average molecular weight is 104 g/mol. The van der Waals surface area contributed by atoms with E-state index in [2.05, 4.69) is 0 Å². The van der Waals surface area contributed by atoms with Crippen LogP contribution in [0.4, 0.5) is 0 Å². The van der Waals surface area contributed by atoms with Crippen molar-refractivity contribution in [2.45, 2.75) is 0 Å². The van der Waals surface area contributed by atoms with Crippen molar-refractivity contribution in [1.82, 2.24) is 10.7 Å². The van der Waals surface area contributed by atoms with Crippen LogP contribution in [0.3, 0.4) is 0 Å². The molecule has 0 bridgehead atoms. The molecule has 0 aliphatic heterocycles. The highest BCUT2D eigenvalue weighted by atomic mass is 15.8. The predicted molar refractivity (Wildman–Crippen MR) is 25.3 cm³/mol. The fourth-order valence-corrected chi connectivity index (χ4v) is 0.0695. The molecule has 0 aromatic rings. The van der Waals surface area contributed by atoms with Crippen molar-refractivity contribution in [3.05, 3.63) is 0 Å². The van der Waals surface area contributed by atoms with E-state index in [-0.39, 0.29) is 5.96 Å². The SMILES string of the molecule is N=C(N)N(N)NN. The molecular formula is CH8N6. The van der Waals surface area contributed by atoms with Crippen LogP contribution in [0.5, 0.6) is 0 Å². The first-order valence-electron chi connectivity index (χ1n) is 1.53. The third kappa shape index (κ3) is 1.93. The maximum Gasteiger partial charge on any atom is 0.219 e. The second-order valence-corrected chi connectivity index (χ2v) is 0.884. The monoisotopic (exact) mass is 104 g/mol. The van der Waals surface area contributed by atoms with Gasteiger partial charge in [-0.1, -0.05) is 0 Å². The lowest BCUT2D eigenvalue weighted by Crippen LogP contribution is -2.54. The molecule has 42 valence electrons. The molecule has 0 aliphatic carbocycles. The van der Waals surface area contributed by atoms with Gasteiger partial charge in [0, 0.05) is 0 Å². The Kier molecular flexibility index (Phi) is 2.06. The van der Waals surface area contributed by atoms with Gasteiger partial charge >= 0.3 is 0 Å². The summed E-state index contributed by atoms with van der Waals surface area (Å²) < 4.78 is 0. The third-order valence-electron chi connectivity index (χ3n) is 0.399. The molecule has 0 heterocycles. The van der Waals surface area contributed by atoms with E-state index in [1.807, 2.05) is 5.53 Å². The van der Waals surface area contributed by atoms with E-state index in [1.165, 1.54) is 0 Å². The van der Waals surface area contributed by atoms with Crippen LogP contribution in [0.1, 0.15) is 0 Å². The fourth-order valence-electron chi connectivity index (χ4n) is 0.0695. The first kappa shape index (κ1) is 6.15. The van der Waals surface area contributed by atoms with Crippen LogP contribution >= 0.6 is 0 Å². The number of nitrogens with zero attached hydrogens (tertiary/aromatic N) is 1. The van der Waals surface area contributed by atoms with E-state index in [9.17, 15) is 0 Å². The molecule has 0 radical (unpaired) electrons. The Balaban J connectivity index is 3.34. The second kappa shape index (κ2) is 2.35. The van der Waals surface area contributed by atoms with Crippen molar-refractivity contribution < 1.29 is 0 Å². The summed E-state index contributed by atoms with van der Waals surface area (Å²) in [7, 11) is 0. The molecule has 8 N–H and O–H groups in total. The van der Waals surface area contributed by atoms with Crippen molar-refractivity contribution in [2.24, 2.45) is 17.4 Å². The maximum absolute atomic E-state index is 6.54. The van der Waals surface area contributed by atoms with Crippen molar-refractivity contribution in [1.29, 1.82) is 5.41 Å². The summed E-state index contributed by atoms with van der Waals surface area (Å²) in [6, 6.07) is 0. The first-order valence-corrected chi connectivity index (χ1v) is 1.53. The van der Waals surface area contributed by atoms with Crippen molar-refractivity contribution in [3.63, 3.8) is 0 Å². The Morgan fingerprint density at radius 1 is 1.71 bits per heavy atom. The van der Waals surface area contributed by atoms with Crippen LogP contribution in [0, 0.1) is 5.41 Å². The second-order valence-electron chi connectivity index (χ2n) is 0.884. The van der Waals surface area contributed by atoms with Gasteiger partial charge in [0.1, 0.15) is 0 Å². The van der Waals surface area contributed by atoms with Crippen LogP contribution in [0.2, 0.25) is 0 Å². The molecule has 0 saturated heterocycles. The molecule has 7 heavy (non-hydrogen) atoms. The normalized spacial score (nSPS) is 8.29. The standard InChI is InChI=1S/CH8N6/c2-1(3)7(5)6-4/h6H,4-5H2,(H3,2,3). The molecule has 0 rings (SSSR count). The molecule has 0 aliphatic rings. The average Bonchev–Trinajstić information content (AvgIpc) is 1.65. The summed E-state index contributed by atoms with van der Waals surface area (Å²) in [5.41, 5.74) is 6.71. The van der Waals surface area contributed by atoms with Gasteiger partial charge in [0.15, 0.2) is 0 Å². The van der Waals surface area contributed by atoms with Crippen LogP contribution in [-0.2, 0) is 0 Å². The van der Waals surface area contributed by atoms with Crippen molar-refractivity contribution >= 4 is 5.96 Å². The fraction of sp³-hybridized carbons (Fsp3) is 0. The largest absolute Gasteiger partial charge is 0.368 e. The van der Waals surface area contributed by atoms with Crippen LogP contribution in [0.15, 0.2) is 0 Å². The van der Waals surface area contributed by atoms with Crippen molar-refractivity contribution in [2.75, 3.05) is 0 Å². The molecule has 0 atom stereocenters. The summed E-state index contributed by atoms with van der Waals surface area (Å²) in [5, 5.41) is 7.22. The minimum atomic E-state index is -0.331. The van der Waals surface area contributed by atoms with Gasteiger partial charge in [0.25, 0.3) is 0 Å². The molecule has 6 nitrogen and oxygen atoms in total. The summed E-state index contributed by atoms with van der Waals surface area (Å²) in [6.45, 7) is 0. The first-order chi connectivity index (χ1) is 3.18. The number of hydrazine groups is 3. The lowest BCUT2D eigenvalue weighted by Gasteiger charge is -2.11. The zero-order chi connectivity index (χ0) is 5.86. The Hall–Kier alpha value is -0.850. The zero-order valence-corrected chi connectivity index (χ0v) is 3.68. The van der Waals surface area contributed by atoms with Gasteiger partial charge in [-0.25, -0.2) is 5.84 Å². The Morgan fingerprint density at radius 3 is 2.14 bits per heavy atom. The Morgan fingerprint density at radius 2 is 2.14 bits per heavy atom. The smallest absolute Gasteiger partial charge is 0.219 e. The summed E-state index contributed by atoms with van der Waals surface area (Å²) >= 11 is 0. The van der Waals surface area contributed by atoms with E-state index in [0.29, 0.717) is 5.12 Å². The molecule has 0 aromatic carbocycles.